The van der Waals surface area contributed by atoms with Gasteiger partial charge in [0.05, 0.1) is 14.2 Å². The first-order chi connectivity index (χ1) is 13.6. The minimum absolute atomic E-state index is 0.171. The molecule has 1 atom stereocenters. The fourth-order valence-electron chi connectivity index (χ4n) is 3.33. The molecular weight excluding hydrogens is 358 g/mol. The van der Waals surface area contributed by atoms with Crippen LogP contribution in [-0.2, 0) is 4.79 Å². The Morgan fingerprint density at radius 3 is 2.39 bits per heavy atom. The maximum absolute atomic E-state index is 11.7. The van der Waals surface area contributed by atoms with Crippen LogP contribution in [0.25, 0.3) is 0 Å². The zero-order valence-corrected chi connectivity index (χ0v) is 17.0. The second-order valence-electron chi connectivity index (χ2n) is 7.21. The summed E-state index contributed by atoms with van der Waals surface area (Å²) < 4.78 is 10.7. The largest absolute Gasteiger partial charge is 0.497 e. The van der Waals surface area contributed by atoms with E-state index in [-0.39, 0.29) is 11.8 Å². The van der Waals surface area contributed by atoms with E-state index in [2.05, 4.69) is 25.8 Å². The molecule has 0 radical (unpaired) electrons. The average molecular weight is 390 g/mol. The van der Waals surface area contributed by atoms with Crippen molar-refractivity contribution in [1.29, 1.82) is 0 Å². The van der Waals surface area contributed by atoms with Crippen molar-refractivity contribution in [3.05, 3.63) is 18.2 Å². The Labute approximate surface area is 166 Å². The second kappa shape index (κ2) is 9.52. The van der Waals surface area contributed by atoms with Gasteiger partial charge in [-0.15, -0.1) is 0 Å². The lowest BCUT2D eigenvalue weighted by Gasteiger charge is -2.21. The van der Waals surface area contributed by atoms with Crippen LogP contribution in [0.3, 0.4) is 0 Å². The number of methoxy groups -OCH3 is 2. The molecule has 28 heavy (non-hydrogen) atoms. The van der Waals surface area contributed by atoms with Gasteiger partial charge in [-0.25, -0.2) is 0 Å². The Morgan fingerprint density at radius 2 is 1.79 bits per heavy atom. The molecule has 8 nitrogen and oxygen atoms in total. The molecule has 1 aromatic carbocycles. The topological polar surface area (TPSA) is 87.2 Å². The number of nitrogens with zero attached hydrogens (tertiary/aromatic N) is 2. The Balaban J connectivity index is 1.45. The summed E-state index contributed by atoms with van der Waals surface area (Å²) in [6.45, 7) is 3.08. The number of amides is 1. The maximum Gasteiger partial charge on any atom is 0.223 e. The molecule has 8 heteroatoms. The zero-order valence-electron chi connectivity index (χ0n) is 17.0. The van der Waals surface area contributed by atoms with Crippen molar-refractivity contribution in [2.45, 2.75) is 25.3 Å². The number of rotatable bonds is 8. The van der Waals surface area contributed by atoms with Gasteiger partial charge >= 0.3 is 0 Å². The standard InChI is InChI=1S/C20H31N5O3/c1-21-20(23-8-7-22-19(26)14-4-5-14)24-15-6-9-25(13-15)16-10-17(27-2)12-18(11-16)28-3/h10-12,14-15H,4-9,13H2,1-3H3,(H,22,26)(H2,21,23,24). The van der Waals surface area contributed by atoms with E-state index < -0.39 is 0 Å². The van der Waals surface area contributed by atoms with Gasteiger partial charge in [0.1, 0.15) is 11.5 Å². The van der Waals surface area contributed by atoms with Crippen molar-refractivity contribution >= 4 is 17.6 Å². The van der Waals surface area contributed by atoms with E-state index in [1.165, 1.54) is 0 Å². The molecule has 2 fully saturated rings. The van der Waals surface area contributed by atoms with Gasteiger partial charge in [0.15, 0.2) is 5.96 Å². The van der Waals surface area contributed by atoms with Crippen molar-refractivity contribution in [3.8, 4) is 11.5 Å². The fraction of sp³-hybridized carbons (Fsp3) is 0.600. The molecule has 1 amide bonds. The van der Waals surface area contributed by atoms with Crippen LogP contribution in [-0.4, -0.2) is 65.4 Å². The predicted molar refractivity (Wildman–Crippen MR) is 110 cm³/mol. The summed E-state index contributed by atoms with van der Waals surface area (Å²) in [5.74, 6) is 2.76. The van der Waals surface area contributed by atoms with E-state index in [0.29, 0.717) is 19.1 Å². The first kappa shape index (κ1) is 20.1. The van der Waals surface area contributed by atoms with Crippen LogP contribution in [0.1, 0.15) is 19.3 Å². The van der Waals surface area contributed by atoms with Crippen LogP contribution >= 0.6 is 0 Å². The molecule has 1 aliphatic carbocycles. The van der Waals surface area contributed by atoms with Gasteiger partial charge in [0.2, 0.25) is 5.91 Å². The smallest absolute Gasteiger partial charge is 0.223 e. The van der Waals surface area contributed by atoms with Gasteiger partial charge in [-0.05, 0) is 19.3 Å². The third-order valence-electron chi connectivity index (χ3n) is 5.12. The first-order valence-corrected chi connectivity index (χ1v) is 9.86. The van der Waals surface area contributed by atoms with Crippen LogP contribution in [0.5, 0.6) is 11.5 Å². The van der Waals surface area contributed by atoms with Crippen LogP contribution in [0, 0.1) is 5.92 Å². The number of hydrogen-bond acceptors (Lipinski definition) is 5. The normalized spacial score (nSPS) is 19.3. The third-order valence-corrected chi connectivity index (χ3v) is 5.12. The van der Waals surface area contributed by atoms with Gasteiger partial charge in [-0.3, -0.25) is 9.79 Å². The molecule has 1 aliphatic heterocycles. The predicted octanol–water partition coefficient (Wildman–Crippen LogP) is 0.974. The summed E-state index contributed by atoms with van der Waals surface area (Å²) in [7, 11) is 5.09. The molecule has 0 spiro atoms. The van der Waals surface area contributed by atoms with Crippen LogP contribution in [0.2, 0.25) is 0 Å². The van der Waals surface area contributed by atoms with Gasteiger partial charge in [-0.2, -0.15) is 0 Å². The van der Waals surface area contributed by atoms with Crippen LogP contribution < -0.4 is 30.3 Å². The number of benzene rings is 1. The minimum atomic E-state index is 0.171. The molecule has 1 saturated heterocycles. The number of aliphatic imine (C=N–C) groups is 1. The Kier molecular flexibility index (Phi) is 6.84. The SMILES string of the molecule is CN=C(NCCNC(=O)C1CC1)NC1CCN(c2cc(OC)cc(OC)c2)C1. The molecule has 154 valence electrons. The molecule has 1 heterocycles. The van der Waals surface area contributed by atoms with E-state index in [0.717, 1.165) is 55.5 Å². The van der Waals surface area contributed by atoms with E-state index in [1.54, 1.807) is 21.3 Å². The molecule has 1 unspecified atom stereocenters. The lowest BCUT2D eigenvalue weighted by molar-refractivity contribution is -0.122. The number of carbonyl (C=O) groups is 1. The number of carbonyl (C=O) groups excluding carboxylic acids is 1. The minimum Gasteiger partial charge on any atom is -0.497 e. The number of ether oxygens (including phenoxy) is 2. The summed E-state index contributed by atoms with van der Waals surface area (Å²) in [4.78, 5) is 18.3. The highest BCUT2D eigenvalue weighted by Crippen LogP contribution is 2.30. The molecular formula is C20H31N5O3. The summed E-state index contributed by atoms with van der Waals surface area (Å²) in [5.41, 5.74) is 1.09. The van der Waals surface area contributed by atoms with Crippen molar-refractivity contribution in [3.63, 3.8) is 0 Å². The highest BCUT2D eigenvalue weighted by molar-refractivity contribution is 5.81. The van der Waals surface area contributed by atoms with E-state index >= 15 is 0 Å². The highest BCUT2D eigenvalue weighted by atomic mass is 16.5. The van der Waals surface area contributed by atoms with E-state index in [9.17, 15) is 4.79 Å². The van der Waals surface area contributed by atoms with E-state index in [1.807, 2.05) is 18.2 Å². The number of nitrogens with one attached hydrogen (secondary N) is 3. The maximum atomic E-state index is 11.7. The summed E-state index contributed by atoms with van der Waals surface area (Å²) in [5, 5.41) is 9.69. The van der Waals surface area contributed by atoms with Crippen molar-refractivity contribution < 1.29 is 14.3 Å². The quantitative estimate of drug-likeness (QED) is 0.349. The Morgan fingerprint density at radius 1 is 1.11 bits per heavy atom. The molecule has 3 N–H and O–H groups in total. The zero-order chi connectivity index (χ0) is 19.9. The number of anilines is 1. The van der Waals surface area contributed by atoms with Crippen molar-refractivity contribution in [1.82, 2.24) is 16.0 Å². The van der Waals surface area contributed by atoms with Crippen LogP contribution in [0.15, 0.2) is 23.2 Å². The molecule has 3 rings (SSSR count). The Bertz CT molecular complexity index is 683. The second-order valence-corrected chi connectivity index (χ2v) is 7.21. The van der Waals surface area contributed by atoms with Crippen molar-refractivity contribution in [2.75, 3.05) is 52.3 Å². The van der Waals surface area contributed by atoms with Crippen molar-refractivity contribution in [2.24, 2.45) is 10.9 Å². The first-order valence-electron chi connectivity index (χ1n) is 9.86. The molecule has 2 aliphatic rings. The number of hydrogen-bond donors (Lipinski definition) is 3. The van der Waals surface area contributed by atoms with Gasteiger partial charge < -0.3 is 30.3 Å². The third kappa shape index (κ3) is 5.43. The molecule has 0 aromatic heterocycles. The summed E-state index contributed by atoms with van der Waals surface area (Å²) in [6, 6.07) is 6.23. The Hall–Kier alpha value is -2.64. The molecule has 0 bridgehead atoms. The lowest BCUT2D eigenvalue weighted by atomic mass is 10.2. The van der Waals surface area contributed by atoms with E-state index in [4.69, 9.17) is 9.47 Å². The van der Waals surface area contributed by atoms with Gasteiger partial charge in [-0.1, -0.05) is 0 Å². The summed E-state index contributed by atoms with van der Waals surface area (Å²) >= 11 is 0. The number of guanidine groups is 1. The lowest BCUT2D eigenvalue weighted by Crippen LogP contribution is -2.46. The molecule has 1 saturated carbocycles. The summed E-state index contributed by atoms with van der Waals surface area (Å²) in [6.07, 6.45) is 3.07. The average Bonchev–Trinajstić information content (AvgIpc) is 3.48. The molecule has 1 aromatic rings. The van der Waals surface area contributed by atoms with Crippen LogP contribution in [0.4, 0.5) is 5.69 Å². The monoisotopic (exact) mass is 389 g/mol. The highest BCUT2D eigenvalue weighted by Gasteiger charge is 2.29. The van der Waals surface area contributed by atoms with Gasteiger partial charge in [0.25, 0.3) is 0 Å². The fourth-order valence-corrected chi connectivity index (χ4v) is 3.33. The van der Waals surface area contributed by atoms with Gasteiger partial charge in [0, 0.05) is 69.1 Å².